The van der Waals surface area contributed by atoms with Crippen molar-refractivity contribution in [1.82, 2.24) is 9.80 Å². The normalized spacial score (nSPS) is 10.3. The van der Waals surface area contributed by atoms with Crippen LogP contribution in [0.15, 0.2) is 0 Å². The molecule has 0 aromatic rings. The van der Waals surface area contributed by atoms with Crippen molar-refractivity contribution in [1.29, 1.82) is 0 Å². The first kappa shape index (κ1) is 16.3. The molecule has 0 N–H and O–H groups in total. The van der Waals surface area contributed by atoms with Crippen LogP contribution < -0.4 is 0 Å². The largest absolute Gasteiger partial charge is 0.379 e. The van der Waals surface area contributed by atoms with Gasteiger partial charge in [0.1, 0.15) is 0 Å². The maximum absolute atomic E-state index is 5.37. The van der Waals surface area contributed by atoms with Crippen molar-refractivity contribution in [3.05, 3.63) is 0 Å². The van der Waals surface area contributed by atoms with Gasteiger partial charge in [-0.1, -0.05) is 20.3 Å². The van der Waals surface area contributed by atoms with Crippen LogP contribution in [0.2, 0.25) is 0 Å². The smallest absolute Gasteiger partial charge is 0.0593 e. The van der Waals surface area contributed by atoms with Crippen molar-refractivity contribution >= 4 is 0 Å². The van der Waals surface area contributed by atoms with E-state index in [9.17, 15) is 0 Å². The minimum atomic E-state index is 0.834. The van der Waals surface area contributed by atoms with Crippen LogP contribution in [0.4, 0.5) is 0 Å². The Balaban J connectivity index is 0. The molecule has 0 saturated heterocycles. The summed E-state index contributed by atoms with van der Waals surface area (Å²) in [6.45, 7) is 7.93. The third kappa shape index (κ3) is 22.6. The standard InChI is InChI=1S/C8H20N2O.C3H8/c1-9(2)5-7-11-8-6-10(3)4;1-3-2/h5-8H2,1-4H3;3H2,1-2H3. The number of hydrogen-bond donors (Lipinski definition) is 0. The molecule has 0 aliphatic rings. The van der Waals surface area contributed by atoms with Gasteiger partial charge in [0.2, 0.25) is 0 Å². The lowest BCUT2D eigenvalue weighted by atomic mass is 10.6. The zero-order valence-electron chi connectivity index (χ0n) is 10.8. The van der Waals surface area contributed by atoms with Crippen LogP contribution in [-0.4, -0.2) is 64.3 Å². The Hall–Kier alpha value is -0.120. The van der Waals surface area contributed by atoms with Crippen LogP contribution in [0.1, 0.15) is 20.3 Å². The molecule has 0 saturated carbocycles. The van der Waals surface area contributed by atoms with Crippen LogP contribution in [-0.2, 0) is 4.74 Å². The lowest BCUT2D eigenvalue weighted by Crippen LogP contribution is -2.22. The summed E-state index contributed by atoms with van der Waals surface area (Å²) in [6.07, 6.45) is 1.25. The Morgan fingerprint density at radius 2 is 1.07 bits per heavy atom. The molecule has 0 aromatic carbocycles. The van der Waals surface area contributed by atoms with Gasteiger partial charge in [-0.15, -0.1) is 0 Å². The molecule has 0 bridgehead atoms. The van der Waals surface area contributed by atoms with Crippen molar-refractivity contribution in [3.63, 3.8) is 0 Å². The van der Waals surface area contributed by atoms with E-state index in [4.69, 9.17) is 4.74 Å². The Morgan fingerprint density at radius 3 is 1.29 bits per heavy atom. The monoisotopic (exact) mass is 204 g/mol. The van der Waals surface area contributed by atoms with E-state index >= 15 is 0 Å². The molecule has 0 amide bonds. The maximum atomic E-state index is 5.37. The lowest BCUT2D eigenvalue weighted by Gasteiger charge is -2.12. The third-order valence-electron chi connectivity index (χ3n) is 1.37. The molecule has 0 aliphatic heterocycles. The van der Waals surface area contributed by atoms with Gasteiger partial charge in [0, 0.05) is 13.1 Å². The fourth-order valence-corrected chi connectivity index (χ4v) is 0.596. The van der Waals surface area contributed by atoms with Gasteiger partial charge < -0.3 is 14.5 Å². The molecule has 3 heteroatoms. The second kappa shape index (κ2) is 12.9. The third-order valence-corrected chi connectivity index (χ3v) is 1.37. The molecular formula is C11H28N2O. The predicted octanol–water partition coefficient (Wildman–Crippen LogP) is 1.54. The average molecular weight is 204 g/mol. The average Bonchev–Trinajstić information content (AvgIpc) is 2.04. The Bertz CT molecular complexity index is 85.3. The van der Waals surface area contributed by atoms with Crippen LogP contribution in [0.5, 0.6) is 0 Å². The summed E-state index contributed by atoms with van der Waals surface area (Å²) in [6, 6.07) is 0. The summed E-state index contributed by atoms with van der Waals surface area (Å²) in [5.74, 6) is 0. The first-order valence-electron chi connectivity index (χ1n) is 5.41. The summed E-state index contributed by atoms with van der Waals surface area (Å²) < 4.78 is 5.37. The van der Waals surface area contributed by atoms with Crippen molar-refractivity contribution in [2.24, 2.45) is 0 Å². The summed E-state index contributed by atoms with van der Waals surface area (Å²) >= 11 is 0. The fraction of sp³-hybridized carbons (Fsp3) is 1.00. The molecule has 0 aromatic heterocycles. The Morgan fingerprint density at radius 1 is 0.786 bits per heavy atom. The van der Waals surface area contributed by atoms with Crippen LogP contribution in [0.25, 0.3) is 0 Å². The summed E-state index contributed by atoms with van der Waals surface area (Å²) in [4.78, 5) is 4.24. The van der Waals surface area contributed by atoms with Crippen LogP contribution in [0, 0.1) is 0 Å². The molecule has 0 spiro atoms. The number of nitrogens with zero attached hydrogens (tertiary/aromatic N) is 2. The maximum Gasteiger partial charge on any atom is 0.0593 e. The highest BCUT2D eigenvalue weighted by atomic mass is 16.5. The van der Waals surface area contributed by atoms with Crippen molar-refractivity contribution < 1.29 is 4.74 Å². The predicted molar refractivity (Wildman–Crippen MR) is 63.9 cm³/mol. The Kier molecular flexibility index (Phi) is 15.0. The van der Waals surface area contributed by atoms with Gasteiger partial charge in [-0.05, 0) is 28.2 Å². The van der Waals surface area contributed by atoms with Gasteiger partial charge in [-0.2, -0.15) is 0 Å². The Labute approximate surface area is 90.0 Å². The summed E-state index contributed by atoms with van der Waals surface area (Å²) in [5, 5.41) is 0. The van der Waals surface area contributed by atoms with Gasteiger partial charge >= 0.3 is 0 Å². The van der Waals surface area contributed by atoms with Gasteiger partial charge in [0.25, 0.3) is 0 Å². The number of rotatable bonds is 6. The molecule has 0 fully saturated rings. The van der Waals surface area contributed by atoms with Crippen molar-refractivity contribution in [2.75, 3.05) is 54.5 Å². The molecule has 0 atom stereocenters. The summed E-state index contributed by atoms with van der Waals surface area (Å²) in [5.41, 5.74) is 0. The molecule has 88 valence electrons. The van der Waals surface area contributed by atoms with Gasteiger partial charge in [-0.25, -0.2) is 0 Å². The number of likely N-dealkylation sites (N-methyl/N-ethyl adjacent to an activating group) is 2. The molecule has 3 nitrogen and oxygen atoms in total. The van der Waals surface area contributed by atoms with Gasteiger partial charge in [0.15, 0.2) is 0 Å². The second-order valence-corrected chi connectivity index (χ2v) is 3.93. The molecular weight excluding hydrogens is 176 g/mol. The number of hydrogen-bond acceptors (Lipinski definition) is 3. The highest BCUT2D eigenvalue weighted by Crippen LogP contribution is 1.80. The molecule has 0 unspecified atom stereocenters. The van der Waals surface area contributed by atoms with Crippen LogP contribution >= 0.6 is 0 Å². The van der Waals surface area contributed by atoms with Gasteiger partial charge in [0.05, 0.1) is 13.2 Å². The lowest BCUT2D eigenvalue weighted by molar-refractivity contribution is 0.104. The quantitative estimate of drug-likeness (QED) is 0.610. The number of ether oxygens (including phenoxy) is 1. The van der Waals surface area contributed by atoms with E-state index in [1.54, 1.807) is 0 Å². The second-order valence-electron chi connectivity index (χ2n) is 3.93. The van der Waals surface area contributed by atoms with E-state index in [1.807, 2.05) is 0 Å². The minimum absolute atomic E-state index is 0.834. The SMILES string of the molecule is CCC.CN(C)CCOCCN(C)C. The van der Waals surface area contributed by atoms with E-state index in [-0.39, 0.29) is 0 Å². The molecule has 0 rings (SSSR count). The van der Waals surface area contributed by atoms with E-state index < -0.39 is 0 Å². The first-order valence-corrected chi connectivity index (χ1v) is 5.41. The van der Waals surface area contributed by atoms with E-state index in [0.717, 1.165) is 26.3 Å². The summed E-state index contributed by atoms with van der Waals surface area (Å²) in [7, 11) is 8.20. The zero-order valence-corrected chi connectivity index (χ0v) is 10.8. The van der Waals surface area contributed by atoms with E-state index in [0.29, 0.717) is 0 Å². The molecule has 14 heavy (non-hydrogen) atoms. The highest BCUT2D eigenvalue weighted by molar-refractivity contribution is 4.42. The van der Waals surface area contributed by atoms with E-state index in [1.165, 1.54) is 6.42 Å². The minimum Gasteiger partial charge on any atom is -0.379 e. The topological polar surface area (TPSA) is 15.7 Å². The molecule has 0 radical (unpaired) electrons. The van der Waals surface area contributed by atoms with Gasteiger partial charge in [-0.3, -0.25) is 0 Å². The zero-order chi connectivity index (χ0) is 11.4. The molecule has 0 heterocycles. The van der Waals surface area contributed by atoms with Crippen molar-refractivity contribution in [2.45, 2.75) is 20.3 Å². The fourth-order valence-electron chi connectivity index (χ4n) is 0.596. The molecule has 0 aliphatic carbocycles. The highest BCUT2D eigenvalue weighted by Gasteiger charge is 1.91. The van der Waals surface area contributed by atoms with Crippen molar-refractivity contribution in [3.8, 4) is 0 Å². The van der Waals surface area contributed by atoms with E-state index in [2.05, 4.69) is 51.8 Å². The first-order chi connectivity index (χ1) is 6.54. The van der Waals surface area contributed by atoms with Crippen LogP contribution in [0.3, 0.4) is 0 Å².